The summed E-state index contributed by atoms with van der Waals surface area (Å²) < 4.78 is 19.0. The molecule has 1 atom stereocenters. The van der Waals surface area contributed by atoms with E-state index in [9.17, 15) is 18.8 Å². The minimum absolute atomic E-state index is 0.236. The lowest BCUT2D eigenvalue weighted by Crippen LogP contribution is -2.45. The van der Waals surface area contributed by atoms with Crippen LogP contribution in [-0.4, -0.2) is 54.4 Å². The summed E-state index contributed by atoms with van der Waals surface area (Å²) >= 11 is 5.85. The highest BCUT2D eigenvalue weighted by Crippen LogP contribution is 2.34. The first-order valence-corrected chi connectivity index (χ1v) is 11.2. The fraction of sp³-hybridized carbons (Fsp3) is 0.375. The number of carbonyl (C=O) groups excluding carboxylic acids is 3. The summed E-state index contributed by atoms with van der Waals surface area (Å²) in [5, 5.41) is 3.36. The molecule has 1 heterocycles. The molecule has 9 heteroatoms. The Hall–Kier alpha value is -3.13. The zero-order valence-electron chi connectivity index (χ0n) is 18.6. The Kier molecular flexibility index (Phi) is 7.92. The van der Waals surface area contributed by atoms with E-state index in [1.54, 1.807) is 31.3 Å². The second-order valence-corrected chi connectivity index (χ2v) is 8.39. The Bertz CT molecular complexity index is 1000. The van der Waals surface area contributed by atoms with E-state index in [0.717, 1.165) is 11.3 Å². The molecule has 0 aliphatic carbocycles. The van der Waals surface area contributed by atoms with Crippen LogP contribution in [0.3, 0.4) is 0 Å². The second-order valence-electron chi connectivity index (χ2n) is 7.95. The average molecular weight is 476 g/mol. The first-order chi connectivity index (χ1) is 15.8. The number of carbonyl (C=O) groups is 3. The van der Waals surface area contributed by atoms with Gasteiger partial charge in [-0.1, -0.05) is 43.5 Å². The summed E-state index contributed by atoms with van der Waals surface area (Å²) in [4.78, 5) is 41.1. The van der Waals surface area contributed by atoms with Crippen molar-refractivity contribution >= 4 is 29.4 Å². The van der Waals surface area contributed by atoms with Crippen LogP contribution in [0.25, 0.3) is 0 Å². The van der Waals surface area contributed by atoms with Gasteiger partial charge in [0.05, 0.1) is 6.54 Å². The van der Waals surface area contributed by atoms with Gasteiger partial charge in [0.25, 0.3) is 5.91 Å². The number of hydrogen-bond acceptors (Lipinski definition) is 4. The highest BCUT2D eigenvalue weighted by molar-refractivity contribution is 6.30. The van der Waals surface area contributed by atoms with Crippen LogP contribution in [0.15, 0.2) is 48.5 Å². The van der Waals surface area contributed by atoms with E-state index < -0.39 is 35.7 Å². The highest BCUT2D eigenvalue weighted by Gasteiger charge is 2.52. The Morgan fingerprint density at radius 1 is 1.15 bits per heavy atom. The van der Waals surface area contributed by atoms with E-state index in [2.05, 4.69) is 5.32 Å². The number of nitrogens with zero attached hydrogens (tertiary/aromatic N) is 2. The summed E-state index contributed by atoms with van der Waals surface area (Å²) in [5.74, 6) is -0.722. The second kappa shape index (κ2) is 10.7. The van der Waals surface area contributed by atoms with E-state index in [1.165, 1.54) is 29.2 Å². The number of ether oxygens (including phenoxy) is 1. The number of benzene rings is 2. The van der Waals surface area contributed by atoms with E-state index >= 15 is 0 Å². The summed E-state index contributed by atoms with van der Waals surface area (Å²) in [6.45, 7) is 2.09. The van der Waals surface area contributed by atoms with Gasteiger partial charge in [0, 0.05) is 12.1 Å². The molecule has 7 nitrogen and oxygen atoms in total. The molecule has 0 spiro atoms. The van der Waals surface area contributed by atoms with Gasteiger partial charge in [0.2, 0.25) is 5.91 Å². The number of nitrogens with one attached hydrogen (secondary N) is 1. The molecular weight excluding hydrogens is 449 g/mol. The van der Waals surface area contributed by atoms with Crippen LogP contribution in [0.4, 0.5) is 9.18 Å². The summed E-state index contributed by atoms with van der Waals surface area (Å²) in [7, 11) is 1.58. The quantitative estimate of drug-likeness (QED) is 0.528. The molecule has 1 N–H and O–H groups in total. The zero-order valence-corrected chi connectivity index (χ0v) is 19.4. The van der Waals surface area contributed by atoms with Gasteiger partial charge in [-0.25, -0.2) is 9.18 Å². The number of imide groups is 1. The molecule has 3 rings (SSSR count). The third kappa shape index (κ3) is 5.63. The van der Waals surface area contributed by atoms with Gasteiger partial charge in [-0.15, -0.1) is 0 Å². The number of amides is 4. The number of likely N-dealkylation sites (N-methyl/N-ethyl adjacent to an activating group) is 1. The molecule has 1 saturated heterocycles. The van der Waals surface area contributed by atoms with Crippen molar-refractivity contribution < 1.29 is 23.5 Å². The van der Waals surface area contributed by atoms with Crippen LogP contribution >= 0.6 is 11.6 Å². The average Bonchev–Trinajstić information content (AvgIpc) is 3.04. The number of rotatable bonds is 10. The molecule has 33 heavy (non-hydrogen) atoms. The fourth-order valence-electron chi connectivity index (χ4n) is 3.67. The van der Waals surface area contributed by atoms with Crippen molar-refractivity contribution in [3.05, 3.63) is 64.9 Å². The zero-order chi connectivity index (χ0) is 24.0. The van der Waals surface area contributed by atoms with E-state index in [-0.39, 0.29) is 13.2 Å². The van der Waals surface area contributed by atoms with Crippen molar-refractivity contribution in [3.63, 3.8) is 0 Å². The van der Waals surface area contributed by atoms with E-state index in [0.29, 0.717) is 29.2 Å². The first kappa shape index (κ1) is 24.5. The molecule has 0 saturated carbocycles. The van der Waals surface area contributed by atoms with Gasteiger partial charge in [-0.2, -0.15) is 0 Å². The normalized spacial score (nSPS) is 17.8. The lowest BCUT2D eigenvalue weighted by Gasteiger charge is -2.27. The Morgan fingerprint density at radius 2 is 1.82 bits per heavy atom. The molecule has 1 aliphatic rings. The summed E-state index contributed by atoms with van der Waals surface area (Å²) in [5.41, 5.74) is -0.812. The molecule has 1 aliphatic heterocycles. The van der Waals surface area contributed by atoms with Crippen LogP contribution in [0.2, 0.25) is 5.02 Å². The van der Waals surface area contributed by atoms with E-state index in [1.807, 2.05) is 6.92 Å². The molecule has 2 aromatic carbocycles. The van der Waals surface area contributed by atoms with Crippen LogP contribution in [0, 0.1) is 5.82 Å². The summed E-state index contributed by atoms with van der Waals surface area (Å²) in [6.07, 6.45) is 1.84. The molecule has 1 unspecified atom stereocenters. The molecule has 1 fully saturated rings. The number of unbranched alkanes of at least 4 members (excludes halogenated alkanes) is 1. The largest absolute Gasteiger partial charge is 0.492 e. The molecule has 0 radical (unpaired) electrons. The first-order valence-electron chi connectivity index (χ1n) is 10.8. The maximum absolute atomic E-state index is 13.4. The van der Waals surface area contributed by atoms with E-state index in [4.69, 9.17) is 16.3 Å². The van der Waals surface area contributed by atoms with Gasteiger partial charge < -0.3 is 15.0 Å². The monoisotopic (exact) mass is 475 g/mol. The van der Waals surface area contributed by atoms with Gasteiger partial charge >= 0.3 is 6.03 Å². The Balaban J connectivity index is 1.65. The molecule has 4 amide bonds. The standard InChI is InChI=1S/C24H27ClFN3O4/c1-3-4-13-24(17-5-9-19(26)10-6-17)22(31)29(23(32)27-24)16-21(30)28(2)14-15-33-20-11-7-18(25)8-12-20/h5-12H,3-4,13-16H2,1-2H3,(H,27,32). The fourth-order valence-corrected chi connectivity index (χ4v) is 3.79. The SMILES string of the molecule is CCCCC1(c2ccc(F)cc2)NC(=O)N(CC(=O)N(C)CCOc2ccc(Cl)cc2)C1=O. The Morgan fingerprint density at radius 3 is 2.45 bits per heavy atom. The minimum atomic E-state index is -1.31. The van der Waals surface area contributed by atoms with Crippen molar-refractivity contribution in [1.29, 1.82) is 0 Å². The predicted octanol–water partition coefficient (Wildman–Crippen LogP) is 3.95. The third-order valence-electron chi connectivity index (χ3n) is 5.65. The summed E-state index contributed by atoms with van der Waals surface area (Å²) in [6, 6.07) is 11.7. The highest BCUT2D eigenvalue weighted by atomic mass is 35.5. The van der Waals surface area contributed by atoms with Crippen LogP contribution in [0.1, 0.15) is 31.7 Å². The topological polar surface area (TPSA) is 79.0 Å². The van der Waals surface area contributed by atoms with Crippen LogP contribution < -0.4 is 10.1 Å². The van der Waals surface area contributed by atoms with Crippen LogP contribution in [-0.2, 0) is 15.1 Å². The molecular formula is C24H27ClFN3O4. The van der Waals surface area contributed by atoms with Crippen molar-refractivity contribution in [2.75, 3.05) is 26.7 Å². The maximum atomic E-state index is 13.4. The van der Waals surface area contributed by atoms with Crippen LogP contribution in [0.5, 0.6) is 5.75 Å². The lowest BCUT2D eigenvalue weighted by molar-refractivity contribution is -0.138. The smallest absolute Gasteiger partial charge is 0.325 e. The maximum Gasteiger partial charge on any atom is 0.325 e. The molecule has 2 aromatic rings. The third-order valence-corrected chi connectivity index (χ3v) is 5.90. The minimum Gasteiger partial charge on any atom is -0.492 e. The molecule has 0 aromatic heterocycles. The van der Waals surface area contributed by atoms with Crippen molar-refractivity contribution in [1.82, 2.24) is 15.1 Å². The van der Waals surface area contributed by atoms with Crippen molar-refractivity contribution in [3.8, 4) is 5.75 Å². The number of hydrogen-bond donors (Lipinski definition) is 1. The number of urea groups is 1. The predicted molar refractivity (Wildman–Crippen MR) is 122 cm³/mol. The number of halogens is 2. The lowest BCUT2D eigenvalue weighted by atomic mass is 9.85. The van der Waals surface area contributed by atoms with Crippen molar-refractivity contribution in [2.24, 2.45) is 0 Å². The van der Waals surface area contributed by atoms with Gasteiger partial charge in [-0.3, -0.25) is 14.5 Å². The Labute approximate surface area is 197 Å². The van der Waals surface area contributed by atoms with Crippen molar-refractivity contribution in [2.45, 2.75) is 31.7 Å². The molecule has 176 valence electrons. The van der Waals surface area contributed by atoms with Gasteiger partial charge in [0.15, 0.2) is 0 Å². The molecule has 0 bridgehead atoms. The van der Waals surface area contributed by atoms with Gasteiger partial charge in [-0.05, 0) is 48.4 Å². The van der Waals surface area contributed by atoms with Gasteiger partial charge in [0.1, 0.15) is 30.3 Å².